The van der Waals surface area contributed by atoms with Crippen LogP contribution in [0.2, 0.25) is 0 Å². The molecule has 1 atom stereocenters. The molecule has 0 fully saturated rings. The number of amides is 1. The Morgan fingerprint density at radius 3 is 2.27 bits per heavy atom. The van der Waals surface area contributed by atoms with Crippen molar-refractivity contribution in [1.82, 2.24) is 5.32 Å². The molecule has 1 aromatic rings. The standard InChI is InChI=1S/C17H25NO4/c1-6-21-15(19)12(2)14-9-7-13(8-10-14)11-18-16(20)22-17(3,4)5/h7-10,12H,6,11H2,1-5H3,(H,18,20). The molecule has 0 bridgehead atoms. The van der Waals surface area contributed by atoms with Gasteiger partial charge in [0.25, 0.3) is 0 Å². The minimum atomic E-state index is -0.511. The Bertz CT molecular complexity index is 502. The summed E-state index contributed by atoms with van der Waals surface area (Å²) >= 11 is 0. The maximum absolute atomic E-state index is 11.7. The van der Waals surface area contributed by atoms with E-state index in [1.807, 2.05) is 52.0 Å². The fourth-order valence-electron chi connectivity index (χ4n) is 1.82. The third-order valence-electron chi connectivity index (χ3n) is 2.96. The highest BCUT2D eigenvalue weighted by atomic mass is 16.6. The lowest BCUT2D eigenvalue weighted by atomic mass is 10.00. The predicted octanol–water partition coefficient (Wildman–Crippen LogP) is 3.38. The molecule has 0 saturated heterocycles. The number of carbonyl (C=O) groups excluding carboxylic acids is 2. The van der Waals surface area contributed by atoms with E-state index < -0.39 is 11.7 Å². The van der Waals surface area contributed by atoms with Crippen LogP contribution in [0.3, 0.4) is 0 Å². The van der Waals surface area contributed by atoms with Gasteiger partial charge < -0.3 is 14.8 Å². The summed E-state index contributed by atoms with van der Waals surface area (Å²) in [5, 5.41) is 2.69. The fourth-order valence-corrected chi connectivity index (χ4v) is 1.82. The Morgan fingerprint density at radius 1 is 1.18 bits per heavy atom. The summed E-state index contributed by atoms with van der Waals surface area (Å²) in [5.74, 6) is -0.532. The van der Waals surface area contributed by atoms with E-state index in [2.05, 4.69) is 5.32 Å². The SMILES string of the molecule is CCOC(=O)C(C)c1ccc(CNC(=O)OC(C)(C)C)cc1. The maximum Gasteiger partial charge on any atom is 0.407 e. The fraction of sp³-hybridized carbons (Fsp3) is 0.529. The minimum Gasteiger partial charge on any atom is -0.466 e. The molecule has 22 heavy (non-hydrogen) atoms. The highest BCUT2D eigenvalue weighted by Crippen LogP contribution is 2.17. The van der Waals surface area contributed by atoms with Crippen molar-refractivity contribution in [3.05, 3.63) is 35.4 Å². The second-order valence-corrected chi connectivity index (χ2v) is 6.07. The summed E-state index contributed by atoms with van der Waals surface area (Å²) in [6, 6.07) is 7.49. The van der Waals surface area contributed by atoms with Gasteiger partial charge in [0.1, 0.15) is 5.60 Å². The molecule has 1 unspecified atom stereocenters. The maximum atomic E-state index is 11.7. The molecular formula is C17H25NO4. The summed E-state index contributed by atoms with van der Waals surface area (Å²) in [6.45, 7) is 9.81. The Balaban J connectivity index is 2.55. The zero-order valence-corrected chi connectivity index (χ0v) is 13.9. The molecule has 0 aromatic heterocycles. The molecule has 0 heterocycles. The van der Waals surface area contributed by atoms with Crippen LogP contribution in [-0.4, -0.2) is 24.3 Å². The smallest absolute Gasteiger partial charge is 0.407 e. The van der Waals surface area contributed by atoms with Crippen molar-refractivity contribution >= 4 is 12.1 Å². The lowest BCUT2D eigenvalue weighted by molar-refractivity contribution is -0.144. The molecule has 122 valence electrons. The Morgan fingerprint density at radius 2 is 1.77 bits per heavy atom. The quantitative estimate of drug-likeness (QED) is 0.847. The van der Waals surface area contributed by atoms with Crippen LogP contribution < -0.4 is 5.32 Å². The molecule has 0 aliphatic heterocycles. The van der Waals surface area contributed by atoms with Gasteiger partial charge in [-0.1, -0.05) is 24.3 Å². The summed E-state index contributed by atoms with van der Waals surface area (Å²) in [4.78, 5) is 23.3. The number of ether oxygens (including phenoxy) is 2. The molecule has 1 aromatic carbocycles. The van der Waals surface area contributed by atoms with Crippen LogP contribution in [0, 0.1) is 0 Å². The van der Waals surface area contributed by atoms with E-state index in [4.69, 9.17) is 9.47 Å². The second kappa shape index (κ2) is 7.82. The van der Waals surface area contributed by atoms with E-state index in [0.717, 1.165) is 11.1 Å². The first kappa shape index (κ1) is 18.0. The highest BCUT2D eigenvalue weighted by Gasteiger charge is 2.17. The largest absolute Gasteiger partial charge is 0.466 e. The second-order valence-electron chi connectivity index (χ2n) is 6.07. The lowest BCUT2D eigenvalue weighted by Crippen LogP contribution is -2.32. The normalized spacial score (nSPS) is 12.4. The topological polar surface area (TPSA) is 64.6 Å². The van der Waals surface area contributed by atoms with Crippen LogP contribution in [0.15, 0.2) is 24.3 Å². The number of rotatable bonds is 5. The molecule has 5 nitrogen and oxygen atoms in total. The average molecular weight is 307 g/mol. The number of hydrogen-bond acceptors (Lipinski definition) is 4. The van der Waals surface area contributed by atoms with E-state index in [-0.39, 0.29) is 11.9 Å². The van der Waals surface area contributed by atoms with Gasteiger partial charge in [0.15, 0.2) is 0 Å². The molecule has 5 heteroatoms. The number of hydrogen-bond donors (Lipinski definition) is 1. The average Bonchev–Trinajstić information content (AvgIpc) is 2.43. The number of nitrogens with one attached hydrogen (secondary N) is 1. The summed E-state index contributed by atoms with van der Waals surface area (Å²) in [7, 11) is 0. The zero-order valence-electron chi connectivity index (χ0n) is 13.9. The van der Waals surface area contributed by atoms with Crippen LogP contribution in [-0.2, 0) is 20.8 Å². The first-order chi connectivity index (χ1) is 10.2. The Kier molecular flexibility index (Phi) is 6.40. The highest BCUT2D eigenvalue weighted by molar-refractivity contribution is 5.77. The van der Waals surface area contributed by atoms with E-state index >= 15 is 0 Å². The van der Waals surface area contributed by atoms with Gasteiger partial charge in [-0.15, -0.1) is 0 Å². The monoisotopic (exact) mass is 307 g/mol. The van der Waals surface area contributed by atoms with Crippen molar-refractivity contribution in [3.63, 3.8) is 0 Å². The van der Waals surface area contributed by atoms with Gasteiger partial charge in [-0.3, -0.25) is 4.79 Å². The Labute approximate surface area is 132 Å². The molecule has 0 aliphatic rings. The van der Waals surface area contributed by atoms with Crippen LogP contribution >= 0.6 is 0 Å². The van der Waals surface area contributed by atoms with Gasteiger partial charge in [0, 0.05) is 6.54 Å². The van der Waals surface area contributed by atoms with E-state index in [9.17, 15) is 9.59 Å². The molecule has 1 rings (SSSR count). The third-order valence-corrected chi connectivity index (χ3v) is 2.96. The van der Waals surface area contributed by atoms with Gasteiger partial charge in [-0.2, -0.15) is 0 Å². The number of alkyl carbamates (subject to hydrolysis) is 1. The molecular weight excluding hydrogens is 282 g/mol. The number of esters is 1. The molecule has 0 aliphatic carbocycles. The zero-order chi connectivity index (χ0) is 16.8. The van der Waals surface area contributed by atoms with Gasteiger partial charge in [0.2, 0.25) is 0 Å². The van der Waals surface area contributed by atoms with Crippen molar-refractivity contribution in [2.45, 2.75) is 52.7 Å². The van der Waals surface area contributed by atoms with Crippen LogP contribution in [0.5, 0.6) is 0 Å². The van der Waals surface area contributed by atoms with Crippen molar-refractivity contribution in [1.29, 1.82) is 0 Å². The van der Waals surface area contributed by atoms with E-state index in [1.54, 1.807) is 6.92 Å². The molecule has 0 spiro atoms. The van der Waals surface area contributed by atoms with Crippen molar-refractivity contribution < 1.29 is 19.1 Å². The molecule has 1 amide bonds. The Hall–Kier alpha value is -2.04. The van der Waals surface area contributed by atoms with Gasteiger partial charge in [-0.05, 0) is 45.7 Å². The van der Waals surface area contributed by atoms with Gasteiger partial charge >= 0.3 is 12.1 Å². The first-order valence-corrected chi connectivity index (χ1v) is 7.45. The molecule has 1 N–H and O–H groups in total. The van der Waals surface area contributed by atoms with Crippen molar-refractivity contribution in [2.75, 3.05) is 6.61 Å². The number of benzene rings is 1. The molecule has 0 saturated carbocycles. The summed E-state index contributed by atoms with van der Waals surface area (Å²) in [6.07, 6.45) is -0.448. The summed E-state index contributed by atoms with van der Waals surface area (Å²) < 4.78 is 10.2. The number of carbonyl (C=O) groups is 2. The van der Waals surface area contributed by atoms with Crippen LogP contribution in [0.4, 0.5) is 4.79 Å². The van der Waals surface area contributed by atoms with Crippen LogP contribution in [0.1, 0.15) is 51.7 Å². The summed E-state index contributed by atoms with van der Waals surface area (Å²) in [5.41, 5.74) is 1.31. The van der Waals surface area contributed by atoms with Crippen molar-refractivity contribution in [2.24, 2.45) is 0 Å². The van der Waals surface area contributed by atoms with Crippen molar-refractivity contribution in [3.8, 4) is 0 Å². The molecule has 0 radical (unpaired) electrons. The minimum absolute atomic E-state index is 0.234. The van der Waals surface area contributed by atoms with Crippen LogP contribution in [0.25, 0.3) is 0 Å². The first-order valence-electron chi connectivity index (χ1n) is 7.45. The van der Waals surface area contributed by atoms with Gasteiger partial charge in [0.05, 0.1) is 12.5 Å². The lowest BCUT2D eigenvalue weighted by Gasteiger charge is -2.19. The van der Waals surface area contributed by atoms with E-state index in [1.165, 1.54) is 0 Å². The van der Waals surface area contributed by atoms with E-state index in [0.29, 0.717) is 13.2 Å². The predicted molar refractivity (Wildman–Crippen MR) is 84.6 cm³/mol. The van der Waals surface area contributed by atoms with Gasteiger partial charge in [-0.25, -0.2) is 4.79 Å². The third kappa shape index (κ3) is 6.16.